The van der Waals surface area contributed by atoms with Crippen LogP contribution >= 0.6 is 0 Å². The van der Waals surface area contributed by atoms with E-state index in [1.54, 1.807) is 12.4 Å². The lowest BCUT2D eigenvalue weighted by Gasteiger charge is -2.02. The Morgan fingerprint density at radius 2 is 1.00 bits per heavy atom. The van der Waals surface area contributed by atoms with Gasteiger partial charge in [0.1, 0.15) is 11.0 Å². The minimum Gasteiger partial charge on any atom is -1.00 e. The summed E-state index contributed by atoms with van der Waals surface area (Å²) in [6.07, 6.45) is 6.31. The predicted octanol–water partition coefficient (Wildman–Crippen LogP) is -0.478. The van der Waals surface area contributed by atoms with Crippen molar-refractivity contribution in [3.05, 3.63) is 98.7 Å². The first-order valence-electron chi connectivity index (χ1n) is 8.06. The molecule has 0 saturated heterocycles. The van der Waals surface area contributed by atoms with Crippen LogP contribution in [-0.2, 0) is 0 Å². The first-order chi connectivity index (χ1) is 12.8. The zero-order valence-electron chi connectivity index (χ0n) is 15.0. The molecule has 0 aliphatic rings. The summed E-state index contributed by atoms with van der Waals surface area (Å²) in [5.74, 6) is 1.49. The van der Waals surface area contributed by atoms with Crippen molar-refractivity contribution >= 4 is 21.8 Å². The maximum atomic E-state index is 5.22. The van der Waals surface area contributed by atoms with E-state index in [1.165, 1.54) is 12.5 Å². The number of hydrogen-bond donors (Lipinski definition) is 0. The maximum absolute atomic E-state index is 5.22. The van der Waals surface area contributed by atoms with Gasteiger partial charge in [0.2, 0.25) is 0 Å². The number of halogens is 2. The molecule has 0 aliphatic heterocycles. The number of rotatable bonds is 4. The summed E-state index contributed by atoms with van der Waals surface area (Å²) in [6, 6.07) is 19.4. The molecule has 0 N–H and O–H groups in total. The highest BCUT2D eigenvalue weighted by Gasteiger charge is 2.00. The molecule has 4 rings (SSSR count). The minimum absolute atomic E-state index is 0. The van der Waals surface area contributed by atoms with Crippen molar-refractivity contribution in [2.75, 3.05) is 0 Å². The Morgan fingerprint density at radius 3 is 1.39 bits per heavy atom. The fourth-order valence-electron chi connectivity index (χ4n) is 2.52. The van der Waals surface area contributed by atoms with E-state index in [0.29, 0.717) is 0 Å². The van der Waals surface area contributed by atoms with Crippen LogP contribution < -0.4 is 57.4 Å². The smallest absolute Gasteiger partial charge is 0.152 e. The minimum atomic E-state index is 0. The zero-order chi connectivity index (χ0) is 18.2. The molecule has 2 aromatic heterocycles. The van der Waals surface area contributed by atoms with Crippen LogP contribution in [-0.4, -0.2) is 9.97 Å². The highest BCUT2D eigenvalue weighted by molar-refractivity contribution is 5.84. The number of benzene rings is 2. The lowest BCUT2D eigenvalue weighted by atomic mass is 10.2. The van der Waals surface area contributed by atoms with Crippen LogP contribution in [0.3, 0.4) is 0 Å². The standard InChI is InChI=1S/2C11H9NO.2HI/c2*1-2-13-10-7-3-5-9-6-4-8-12-11(9)10;;/h2*2-8H,1H2;2*1H/p-2. The van der Waals surface area contributed by atoms with E-state index in [0.717, 1.165) is 33.3 Å². The topological polar surface area (TPSA) is 44.2 Å². The fourth-order valence-corrected chi connectivity index (χ4v) is 2.52. The van der Waals surface area contributed by atoms with Crippen molar-refractivity contribution in [1.82, 2.24) is 9.97 Å². The largest absolute Gasteiger partial charge is 1.00 e. The number of aromatic nitrogens is 2. The summed E-state index contributed by atoms with van der Waals surface area (Å²) in [4.78, 5) is 8.45. The quantitative estimate of drug-likeness (QED) is 0.236. The second-order valence-electron chi connectivity index (χ2n) is 5.23. The highest BCUT2D eigenvalue weighted by atomic mass is 127. The summed E-state index contributed by atoms with van der Waals surface area (Å²) in [6.45, 7) is 7.03. The van der Waals surface area contributed by atoms with Crippen LogP contribution in [0, 0.1) is 0 Å². The van der Waals surface area contributed by atoms with Gasteiger partial charge in [0.05, 0.1) is 12.5 Å². The Kier molecular flexibility index (Phi) is 10.5. The number of para-hydroxylation sites is 2. The second-order valence-corrected chi connectivity index (χ2v) is 5.23. The normalized spacial score (nSPS) is 9.14. The van der Waals surface area contributed by atoms with E-state index in [-0.39, 0.29) is 48.0 Å². The van der Waals surface area contributed by atoms with Gasteiger partial charge in [-0.25, -0.2) is 0 Å². The first kappa shape index (κ1) is 23.8. The third kappa shape index (κ3) is 5.90. The number of hydrogen-bond acceptors (Lipinski definition) is 4. The molecular formula is C22H18I2N2O2-2. The Bertz CT molecular complexity index is 959. The van der Waals surface area contributed by atoms with E-state index in [2.05, 4.69) is 23.1 Å². The van der Waals surface area contributed by atoms with Crippen LogP contribution in [0.15, 0.2) is 98.7 Å². The van der Waals surface area contributed by atoms with Gasteiger partial charge in [0, 0.05) is 23.2 Å². The van der Waals surface area contributed by atoms with Crippen molar-refractivity contribution < 1.29 is 57.4 Å². The van der Waals surface area contributed by atoms with Crippen LogP contribution in [0.1, 0.15) is 0 Å². The summed E-state index contributed by atoms with van der Waals surface area (Å²) in [5, 5.41) is 2.14. The average molecular weight is 596 g/mol. The summed E-state index contributed by atoms with van der Waals surface area (Å²) < 4.78 is 10.4. The molecule has 2 aromatic carbocycles. The lowest BCUT2D eigenvalue weighted by Crippen LogP contribution is -3.00. The molecule has 0 fully saturated rings. The van der Waals surface area contributed by atoms with Crippen molar-refractivity contribution in [3.8, 4) is 11.5 Å². The van der Waals surface area contributed by atoms with E-state index >= 15 is 0 Å². The molecule has 0 aliphatic carbocycles. The van der Waals surface area contributed by atoms with Crippen molar-refractivity contribution in [2.24, 2.45) is 0 Å². The van der Waals surface area contributed by atoms with Gasteiger partial charge in [-0.05, 0) is 24.3 Å². The van der Waals surface area contributed by atoms with E-state index in [1.807, 2.05) is 60.7 Å². The van der Waals surface area contributed by atoms with Crippen LogP contribution in [0.25, 0.3) is 21.8 Å². The van der Waals surface area contributed by atoms with Gasteiger partial charge in [-0.15, -0.1) is 0 Å². The Balaban J connectivity index is 0.000000261. The molecule has 4 nitrogen and oxygen atoms in total. The molecule has 0 saturated carbocycles. The van der Waals surface area contributed by atoms with Gasteiger partial charge >= 0.3 is 0 Å². The molecule has 0 radical (unpaired) electrons. The highest BCUT2D eigenvalue weighted by Crippen LogP contribution is 2.23. The van der Waals surface area contributed by atoms with Crippen LogP contribution in [0.5, 0.6) is 11.5 Å². The number of nitrogens with zero attached hydrogens (tertiary/aromatic N) is 2. The lowest BCUT2D eigenvalue weighted by molar-refractivity contribution is -0.001000. The molecule has 2 heterocycles. The molecule has 0 spiro atoms. The SMILES string of the molecule is C=COc1cccc2cccnc12.C=COc1cccc2cccnc12.[I-].[I-]. The van der Waals surface area contributed by atoms with E-state index in [9.17, 15) is 0 Å². The average Bonchev–Trinajstić information content (AvgIpc) is 2.70. The maximum Gasteiger partial charge on any atom is 0.152 e. The van der Waals surface area contributed by atoms with Gasteiger partial charge < -0.3 is 57.4 Å². The molecule has 0 bridgehead atoms. The van der Waals surface area contributed by atoms with Crippen molar-refractivity contribution in [2.45, 2.75) is 0 Å². The van der Waals surface area contributed by atoms with Gasteiger partial charge in [-0.3, -0.25) is 9.97 Å². The summed E-state index contributed by atoms with van der Waals surface area (Å²) in [5.41, 5.74) is 1.73. The van der Waals surface area contributed by atoms with E-state index in [4.69, 9.17) is 9.47 Å². The molecular weight excluding hydrogens is 578 g/mol. The van der Waals surface area contributed by atoms with Crippen molar-refractivity contribution in [3.63, 3.8) is 0 Å². The molecule has 28 heavy (non-hydrogen) atoms. The molecule has 0 atom stereocenters. The number of ether oxygens (including phenoxy) is 2. The molecule has 0 amide bonds. The summed E-state index contributed by atoms with van der Waals surface area (Å²) >= 11 is 0. The van der Waals surface area contributed by atoms with Gasteiger partial charge in [0.15, 0.2) is 11.5 Å². The van der Waals surface area contributed by atoms with E-state index < -0.39 is 0 Å². The van der Waals surface area contributed by atoms with Crippen LogP contribution in [0.2, 0.25) is 0 Å². The van der Waals surface area contributed by atoms with Crippen LogP contribution in [0.4, 0.5) is 0 Å². The first-order valence-corrected chi connectivity index (χ1v) is 8.06. The Hall–Kier alpha value is -2.20. The molecule has 4 aromatic rings. The van der Waals surface area contributed by atoms with Gasteiger partial charge in [0.25, 0.3) is 0 Å². The van der Waals surface area contributed by atoms with Crippen molar-refractivity contribution in [1.29, 1.82) is 0 Å². The van der Waals surface area contributed by atoms with Gasteiger partial charge in [-0.1, -0.05) is 49.6 Å². The van der Waals surface area contributed by atoms with Gasteiger partial charge in [-0.2, -0.15) is 0 Å². The zero-order valence-corrected chi connectivity index (χ0v) is 19.3. The molecule has 6 heteroatoms. The summed E-state index contributed by atoms with van der Waals surface area (Å²) in [7, 11) is 0. The number of pyridine rings is 2. The number of fused-ring (bicyclic) bond motifs is 2. The monoisotopic (exact) mass is 596 g/mol. The second kappa shape index (κ2) is 12.3. The molecule has 144 valence electrons. The third-order valence-corrected chi connectivity index (χ3v) is 3.61. The predicted molar refractivity (Wildman–Crippen MR) is 105 cm³/mol. The Labute approximate surface area is 198 Å². The third-order valence-electron chi connectivity index (χ3n) is 3.61. The molecule has 0 unspecified atom stereocenters. The Morgan fingerprint density at radius 1 is 0.607 bits per heavy atom. The fraction of sp³-hybridized carbons (Fsp3) is 0.